The standard InChI is InChI=1S/C15H23FN4/c1-2-17-15-18-10-12(16)14(19-15)20-9-5-7-11-6-3-4-8-13(11)20/h10-11,13H,2-9H2,1H3,(H,17,18,19). The average Bonchev–Trinajstić information content (AvgIpc) is 2.49. The van der Waals surface area contributed by atoms with Gasteiger partial charge < -0.3 is 10.2 Å². The van der Waals surface area contributed by atoms with E-state index in [9.17, 15) is 4.39 Å². The molecule has 1 aliphatic heterocycles. The molecule has 0 amide bonds. The van der Waals surface area contributed by atoms with Crippen molar-refractivity contribution in [2.45, 2.75) is 51.5 Å². The summed E-state index contributed by atoms with van der Waals surface area (Å²) < 4.78 is 14.2. The molecule has 2 fully saturated rings. The second kappa shape index (κ2) is 5.94. The lowest BCUT2D eigenvalue weighted by Gasteiger charge is -2.44. The quantitative estimate of drug-likeness (QED) is 0.922. The predicted octanol–water partition coefficient (Wildman–Crippen LogP) is 3.21. The van der Waals surface area contributed by atoms with Crippen LogP contribution in [0.25, 0.3) is 0 Å². The van der Waals surface area contributed by atoms with Crippen molar-refractivity contribution in [3.8, 4) is 0 Å². The summed E-state index contributed by atoms with van der Waals surface area (Å²) >= 11 is 0. The fraction of sp³-hybridized carbons (Fsp3) is 0.733. The van der Waals surface area contributed by atoms with E-state index in [1.807, 2.05) is 6.92 Å². The molecule has 2 heterocycles. The van der Waals surface area contributed by atoms with E-state index in [2.05, 4.69) is 20.2 Å². The molecule has 3 rings (SSSR count). The summed E-state index contributed by atoms with van der Waals surface area (Å²) in [5.41, 5.74) is 0. The van der Waals surface area contributed by atoms with Crippen molar-refractivity contribution in [2.24, 2.45) is 5.92 Å². The zero-order valence-corrected chi connectivity index (χ0v) is 12.1. The number of nitrogens with zero attached hydrogens (tertiary/aromatic N) is 3. The van der Waals surface area contributed by atoms with Gasteiger partial charge >= 0.3 is 0 Å². The SMILES string of the molecule is CCNc1ncc(F)c(N2CCCC3CCCCC32)n1. The van der Waals surface area contributed by atoms with Crippen molar-refractivity contribution in [3.63, 3.8) is 0 Å². The monoisotopic (exact) mass is 278 g/mol. The highest BCUT2D eigenvalue weighted by molar-refractivity contribution is 5.45. The van der Waals surface area contributed by atoms with Crippen molar-refractivity contribution >= 4 is 11.8 Å². The van der Waals surface area contributed by atoms with Crippen LogP contribution in [-0.2, 0) is 0 Å². The third-order valence-corrected chi connectivity index (χ3v) is 4.58. The summed E-state index contributed by atoms with van der Waals surface area (Å²) in [5, 5.41) is 3.07. The highest BCUT2D eigenvalue weighted by atomic mass is 19.1. The number of rotatable bonds is 3. The van der Waals surface area contributed by atoms with E-state index in [1.165, 1.54) is 38.3 Å². The van der Waals surface area contributed by atoms with Crippen LogP contribution in [0.3, 0.4) is 0 Å². The van der Waals surface area contributed by atoms with Gasteiger partial charge in [-0.1, -0.05) is 12.8 Å². The lowest BCUT2D eigenvalue weighted by molar-refractivity contribution is 0.241. The van der Waals surface area contributed by atoms with E-state index in [0.29, 0.717) is 17.8 Å². The Morgan fingerprint density at radius 3 is 2.95 bits per heavy atom. The molecule has 4 nitrogen and oxygen atoms in total. The summed E-state index contributed by atoms with van der Waals surface area (Å²) in [7, 11) is 0. The Kier molecular flexibility index (Phi) is 4.03. The Morgan fingerprint density at radius 1 is 1.30 bits per heavy atom. The van der Waals surface area contributed by atoms with E-state index >= 15 is 0 Å². The number of hydrogen-bond donors (Lipinski definition) is 1. The number of halogens is 1. The van der Waals surface area contributed by atoms with E-state index in [1.54, 1.807) is 0 Å². The summed E-state index contributed by atoms with van der Waals surface area (Å²) in [6.07, 6.45) is 8.76. The fourth-order valence-corrected chi connectivity index (χ4v) is 3.69. The zero-order chi connectivity index (χ0) is 13.9. The summed E-state index contributed by atoms with van der Waals surface area (Å²) in [4.78, 5) is 10.6. The van der Waals surface area contributed by atoms with Gasteiger partial charge in [-0.25, -0.2) is 9.37 Å². The molecule has 20 heavy (non-hydrogen) atoms. The van der Waals surface area contributed by atoms with Crippen molar-refractivity contribution < 1.29 is 4.39 Å². The van der Waals surface area contributed by atoms with Crippen LogP contribution in [-0.4, -0.2) is 29.1 Å². The first-order chi connectivity index (χ1) is 9.79. The maximum absolute atomic E-state index is 14.2. The van der Waals surface area contributed by atoms with Crippen molar-refractivity contribution in [2.75, 3.05) is 23.3 Å². The van der Waals surface area contributed by atoms with E-state index in [0.717, 1.165) is 25.4 Å². The van der Waals surface area contributed by atoms with Crippen LogP contribution < -0.4 is 10.2 Å². The minimum Gasteiger partial charge on any atom is -0.354 e. The normalized spacial score (nSPS) is 26.2. The smallest absolute Gasteiger partial charge is 0.224 e. The summed E-state index contributed by atoms with van der Waals surface area (Å²) in [5.74, 6) is 1.45. The third-order valence-electron chi connectivity index (χ3n) is 4.58. The first-order valence-electron chi connectivity index (χ1n) is 7.82. The van der Waals surface area contributed by atoms with Gasteiger partial charge in [0, 0.05) is 19.1 Å². The Balaban J connectivity index is 1.88. The van der Waals surface area contributed by atoms with Gasteiger partial charge in [-0.2, -0.15) is 4.98 Å². The number of anilines is 2. The number of aromatic nitrogens is 2. The molecular weight excluding hydrogens is 255 g/mol. The molecule has 1 aliphatic carbocycles. The van der Waals surface area contributed by atoms with Crippen LogP contribution in [0.4, 0.5) is 16.2 Å². The molecule has 0 aromatic carbocycles. The van der Waals surface area contributed by atoms with Gasteiger partial charge in [0.2, 0.25) is 5.95 Å². The van der Waals surface area contributed by atoms with Crippen LogP contribution in [0.1, 0.15) is 45.4 Å². The van der Waals surface area contributed by atoms with Crippen LogP contribution in [0.15, 0.2) is 6.20 Å². The average molecular weight is 278 g/mol. The maximum Gasteiger partial charge on any atom is 0.224 e. The van der Waals surface area contributed by atoms with Crippen LogP contribution in [0, 0.1) is 11.7 Å². The molecule has 0 bridgehead atoms. The van der Waals surface area contributed by atoms with Crippen molar-refractivity contribution in [3.05, 3.63) is 12.0 Å². The molecular formula is C15H23FN4. The molecule has 1 aromatic rings. The molecule has 2 aliphatic rings. The fourth-order valence-electron chi connectivity index (χ4n) is 3.69. The van der Waals surface area contributed by atoms with E-state index in [4.69, 9.17) is 0 Å². The Morgan fingerprint density at radius 2 is 2.10 bits per heavy atom. The molecule has 2 unspecified atom stereocenters. The van der Waals surface area contributed by atoms with Crippen LogP contribution >= 0.6 is 0 Å². The molecule has 0 spiro atoms. The number of fused-ring (bicyclic) bond motifs is 1. The summed E-state index contributed by atoms with van der Waals surface area (Å²) in [6, 6.07) is 0.469. The van der Waals surface area contributed by atoms with E-state index in [-0.39, 0.29) is 5.82 Å². The first kappa shape index (κ1) is 13.6. The van der Waals surface area contributed by atoms with E-state index < -0.39 is 0 Å². The van der Waals surface area contributed by atoms with Crippen molar-refractivity contribution in [1.29, 1.82) is 0 Å². The minimum atomic E-state index is -0.294. The molecule has 0 radical (unpaired) electrons. The van der Waals surface area contributed by atoms with Crippen LogP contribution in [0.5, 0.6) is 0 Å². The predicted molar refractivity (Wildman–Crippen MR) is 78.5 cm³/mol. The van der Waals surface area contributed by atoms with Crippen LogP contribution in [0.2, 0.25) is 0 Å². The Labute approximate surface area is 119 Å². The van der Waals surface area contributed by atoms with Gasteiger partial charge in [-0.05, 0) is 38.5 Å². The third kappa shape index (κ3) is 2.58. The van der Waals surface area contributed by atoms with Crippen molar-refractivity contribution in [1.82, 2.24) is 9.97 Å². The second-order valence-electron chi connectivity index (χ2n) is 5.84. The minimum absolute atomic E-state index is 0.294. The summed E-state index contributed by atoms with van der Waals surface area (Å²) in [6.45, 7) is 3.66. The Hall–Kier alpha value is -1.39. The molecule has 5 heteroatoms. The molecule has 1 saturated heterocycles. The number of hydrogen-bond acceptors (Lipinski definition) is 4. The largest absolute Gasteiger partial charge is 0.354 e. The molecule has 1 aromatic heterocycles. The van der Waals surface area contributed by atoms with Gasteiger partial charge in [-0.15, -0.1) is 0 Å². The highest BCUT2D eigenvalue weighted by Crippen LogP contribution is 2.37. The molecule has 110 valence electrons. The van der Waals surface area contributed by atoms with Gasteiger partial charge in [0.25, 0.3) is 0 Å². The van der Waals surface area contributed by atoms with Gasteiger partial charge in [-0.3, -0.25) is 0 Å². The second-order valence-corrected chi connectivity index (χ2v) is 5.84. The zero-order valence-electron chi connectivity index (χ0n) is 12.1. The Bertz CT molecular complexity index is 463. The lowest BCUT2D eigenvalue weighted by Crippen LogP contribution is -2.47. The first-order valence-corrected chi connectivity index (χ1v) is 7.82. The molecule has 1 saturated carbocycles. The highest BCUT2D eigenvalue weighted by Gasteiger charge is 2.35. The molecule has 1 N–H and O–H groups in total. The lowest BCUT2D eigenvalue weighted by atomic mass is 9.78. The van der Waals surface area contributed by atoms with Gasteiger partial charge in [0.15, 0.2) is 11.6 Å². The number of piperidine rings is 1. The molecule has 2 atom stereocenters. The topological polar surface area (TPSA) is 41.1 Å². The van der Waals surface area contributed by atoms with Gasteiger partial charge in [0.05, 0.1) is 6.20 Å². The maximum atomic E-state index is 14.2. The number of nitrogens with one attached hydrogen (secondary N) is 1. The van der Waals surface area contributed by atoms with Gasteiger partial charge in [0.1, 0.15) is 0 Å².